The summed E-state index contributed by atoms with van der Waals surface area (Å²) in [6.45, 7) is 4.13. The van der Waals surface area contributed by atoms with E-state index < -0.39 is 107 Å². The van der Waals surface area contributed by atoms with Gasteiger partial charge in [-0.3, -0.25) is 19.2 Å². The largest absolute Gasteiger partial charge is 0.479 e. The van der Waals surface area contributed by atoms with Gasteiger partial charge in [-0.25, -0.2) is 22.4 Å². The Morgan fingerprint density at radius 1 is 0.625 bits per heavy atom. The van der Waals surface area contributed by atoms with Crippen molar-refractivity contribution in [3.05, 3.63) is 58.7 Å². The van der Waals surface area contributed by atoms with Crippen LogP contribution >= 0.6 is 12.4 Å². The lowest BCUT2D eigenvalue weighted by atomic mass is 10.0. The lowest BCUT2D eigenvalue weighted by Crippen LogP contribution is -2.45. The van der Waals surface area contributed by atoms with Crippen molar-refractivity contribution >= 4 is 41.9 Å². The van der Waals surface area contributed by atoms with E-state index in [1.165, 1.54) is 0 Å². The summed E-state index contributed by atoms with van der Waals surface area (Å²) < 4.78 is 123. The molecule has 2 fully saturated rings. The number of amides is 3. The Labute approximate surface area is 372 Å². The highest BCUT2D eigenvalue weighted by Crippen LogP contribution is 2.29. The minimum absolute atomic E-state index is 0. The molecule has 2 atom stereocenters. The first-order chi connectivity index (χ1) is 29.7. The van der Waals surface area contributed by atoms with Crippen LogP contribution in [-0.4, -0.2) is 73.5 Å². The van der Waals surface area contributed by atoms with Crippen molar-refractivity contribution in [1.82, 2.24) is 16.0 Å². The molecular formula is C43H57ClF8N4O8. The van der Waals surface area contributed by atoms with E-state index in [4.69, 9.17) is 19.9 Å². The SMILES string of the molecule is CC(C)(C)OC(=O)NCCCC[C@H](NC(=O)C1CCCC1)C(=O)COc1c(F)c(F)cc(F)c1F.Cl.NCCCC[C@H](NC(=O)C1CCCC1)C(=O)COc1c(F)c(F)cc(F)c1F. The number of carbonyl (C=O) groups excluding carboxylic acids is 5. The van der Waals surface area contributed by atoms with Gasteiger partial charge in [0, 0.05) is 30.5 Å². The van der Waals surface area contributed by atoms with Crippen LogP contribution in [0.15, 0.2) is 12.1 Å². The van der Waals surface area contributed by atoms with Crippen LogP contribution in [0.25, 0.3) is 0 Å². The highest BCUT2D eigenvalue weighted by atomic mass is 35.5. The highest BCUT2D eigenvalue weighted by molar-refractivity contribution is 5.91. The predicted molar refractivity (Wildman–Crippen MR) is 220 cm³/mol. The molecule has 2 aromatic carbocycles. The maximum Gasteiger partial charge on any atom is 0.407 e. The van der Waals surface area contributed by atoms with E-state index in [1.54, 1.807) is 20.8 Å². The molecule has 3 amide bonds. The molecule has 2 aromatic rings. The topological polar surface area (TPSA) is 175 Å². The maximum absolute atomic E-state index is 13.8. The number of hydrogen-bond donors (Lipinski definition) is 4. The molecule has 0 heterocycles. The third kappa shape index (κ3) is 17.7. The summed E-state index contributed by atoms with van der Waals surface area (Å²) in [4.78, 5) is 61.7. The summed E-state index contributed by atoms with van der Waals surface area (Å²) in [6, 6.07) is -1.87. The number of carbonyl (C=O) groups is 5. The van der Waals surface area contributed by atoms with Crippen molar-refractivity contribution in [3.8, 4) is 11.5 Å². The second-order valence-electron chi connectivity index (χ2n) is 16.4. The molecule has 12 nitrogen and oxygen atoms in total. The molecule has 4 rings (SSSR count). The van der Waals surface area contributed by atoms with E-state index in [1.807, 2.05) is 0 Å². The highest BCUT2D eigenvalue weighted by Gasteiger charge is 2.31. The molecule has 64 heavy (non-hydrogen) atoms. The van der Waals surface area contributed by atoms with Crippen LogP contribution in [0.3, 0.4) is 0 Å². The van der Waals surface area contributed by atoms with Gasteiger partial charge in [0.2, 0.25) is 35.1 Å². The Morgan fingerprint density at radius 2 is 0.984 bits per heavy atom. The van der Waals surface area contributed by atoms with E-state index >= 15 is 0 Å². The number of benzene rings is 2. The summed E-state index contributed by atoms with van der Waals surface area (Å²) in [5.74, 6) is -18.5. The first-order valence-corrected chi connectivity index (χ1v) is 21.0. The van der Waals surface area contributed by atoms with Crippen molar-refractivity contribution < 1.29 is 73.3 Å². The number of nitrogens with one attached hydrogen (secondary N) is 3. The van der Waals surface area contributed by atoms with Gasteiger partial charge in [0.15, 0.2) is 46.3 Å². The molecule has 2 aliphatic carbocycles. The quantitative estimate of drug-likeness (QED) is 0.0550. The summed E-state index contributed by atoms with van der Waals surface area (Å²) >= 11 is 0. The van der Waals surface area contributed by atoms with Crippen molar-refractivity contribution in [2.24, 2.45) is 17.6 Å². The molecular weight excluding hydrogens is 888 g/mol. The second kappa shape index (κ2) is 26.9. The zero-order valence-electron chi connectivity index (χ0n) is 36.0. The summed E-state index contributed by atoms with van der Waals surface area (Å²) in [6.07, 6.45) is 8.47. The van der Waals surface area contributed by atoms with Crippen molar-refractivity contribution in [3.63, 3.8) is 0 Å². The fraction of sp³-hybridized carbons (Fsp3) is 0.605. The summed E-state index contributed by atoms with van der Waals surface area (Å²) in [7, 11) is 0. The zero-order valence-corrected chi connectivity index (χ0v) is 36.8. The van der Waals surface area contributed by atoms with E-state index in [-0.39, 0.29) is 67.6 Å². The monoisotopic (exact) mass is 944 g/mol. The number of halogens is 9. The van der Waals surface area contributed by atoms with Crippen LogP contribution in [0.2, 0.25) is 0 Å². The van der Waals surface area contributed by atoms with Gasteiger partial charge in [-0.2, -0.15) is 17.6 Å². The van der Waals surface area contributed by atoms with Crippen LogP contribution < -0.4 is 31.2 Å². The van der Waals surface area contributed by atoms with Crippen molar-refractivity contribution in [1.29, 1.82) is 0 Å². The van der Waals surface area contributed by atoms with Crippen LogP contribution in [0.1, 0.15) is 111 Å². The molecule has 5 N–H and O–H groups in total. The molecule has 21 heteroatoms. The number of hydrogen-bond acceptors (Lipinski definition) is 9. The lowest BCUT2D eigenvalue weighted by Gasteiger charge is -2.21. The third-order valence-corrected chi connectivity index (χ3v) is 10.3. The Morgan fingerprint density at radius 3 is 1.33 bits per heavy atom. The lowest BCUT2D eigenvalue weighted by molar-refractivity contribution is -0.131. The van der Waals surface area contributed by atoms with Gasteiger partial charge >= 0.3 is 6.09 Å². The molecule has 0 unspecified atom stereocenters. The molecule has 0 spiro atoms. The first kappa shape index (κ1) is 55.4. The molecule has 0 saturated heterocycles. The molecule has 360 valence electrons. The normalized spacial score (nSPS) is 14.9. The van der Waals surface area contributed by atoms with Gasteiger partial charge in [0.05, 0.1) is 12.1 Å². The third-order valence-electron chi connectivity index (χ3n) is 10.3. The fourth-order valence-electron chi connectivity index (χ4n) is 6.90. The minimum atomic E-state index is -1.75. The molecule has 0 aromatic heterocycles. The van der Waals surface area contributed by atoms with Gasteiger partial charge in [0.1, 0.15) is 18.8 Å². The number of unbranched alkanes of at least 4 members (excludes halogenated alkanes) is 2. The maximum atomic E-state index is 13.8. The standard InChI is InChI=1S/C24H32F4N2O5.C19H24F4N2O3.ClH/c1-24(2,3)35-23(33)29-11-7-6-10-17(30-22(32)14-8-4-5-9-14)18(31)13-34-21-19(27)15(25)12-16(26)20(21)28;20-12-9-13(21)17(23)18(16(12)22)28-10-15(26)14(7-3-4-8-24)25-19(27)11-5-1-2-6-11;/h12,14,17H,4-11,13H2,1-3H3,(H,29,33)(H,30,32);9,11,14H,1-8,10,24H2,(H,25,27);1H/t17-;14-;/m00./s1. The Balaban J connectivity index is 0.000000444. The summed E-state index contributed by atoms with van der Waals surface area (Å²) in [5.41, 5.74) is 4.79. The summed E-state index contributed by atoms with van der Waals surface area (Å²) in [5, 5.41) is 7.91. The van der Waals surface area contributed by atoms with Crippen LogP contribution in [0.4, 0.5) is 39.9 Å². The number of rotatable bonds is 21. The number of nitrogens with two attached hydrogens (primary N) is 1. The second-order valence-corrected chi connectivity index (χ2v) is 16.4. The molecule has 0 radical (unpaired) electrons. The van der Waals surface area contributed by atoms with Crippen LogP contribution in [-0.2, 0) is 23.9 Å². The Hall–Kier alpha value is -4.72. The molecule has 0 aliphatic heterocycles. The average molecular weight is 945 g/mol. The van der Waals surface area contributed by atoms with E-state index in [2.05, 4.69) is 16.0 Å². The van der Waals surface area contributed by atoms with E-state index in [0.717, 1.165) is 38.5 Å². The van der Waals surface area contributed by atoms with Gasteiger partial charge in [-0.05, 0) is 91.5 Å². The number of Topliss-reactive ketones (excluding diaryl/α,β-unsaturated/α-hetero) is 2. The number of ether oxygens (including phenoxy) is 3. The first-order valence-electron chi connectivity index (χ1n) is 21.0. The fourth-order valence-corrected chi connectivity index (χ4v) is 6.90. The number of ketones is 2. The van der Waals surface area contributed by atoms with Gasteiger partial charge in [-0.1, -0.05) is 25.7 Å². The molecule has 2 aliphatic rings. The minimum Gasteiger partial charge on any atom is -0.479 e. The Kier molecular flexibility index (Phi) is 23.3. The van der Waals surface area contributed by atoms with Crippen LogP contribution in [0.5, 0.6) is 11.5 Å². The van der Waals surface area contributed by atoms with E-state index in [0.29, 0.717) is 45.1 Å². The molecule has 2 saturated carbocycles. The van der Waals surface area contributed by atoms with Crippen molar-refractivity contribution in [2.45, 2.75) is 128 Å². The van der Waals surface area contributed by atoms with E-state index in [9.17, 15) is 59.1 Å². The Bertz CT molecular complexity index is 1840. The van der Waals surface area contributed by atoms with Gasteiger partial charge in [0.25, 0.3) is 0 Å². The van der Waals surface area contributed by atoms with Crippen LogP contribution in [0, 0.1) is 58.4 Å². The van der Waals surface area contributed by atoms with Gasteiger partial charge < -0.3 is 35.9 Å². The van der Waals surface area contributed by atoms with Gasteiger partial charge in [-0.15, -0.1) is 12.4 Å². The number of alkyl carbamates (subject to hydrolysis) is 1. The average Bonchev–Trinajstić information content (AvgIpc) is 3.97. The zero-order chi connectivity index (χ0) is 46.9. The predicted octanol–water partition coefficient (Wildman–Crippen LogP) is 7.98. The van der Waals surface area contributed by atoms with Crippen molar-refractivity contribution in [2.75, 3.05) is 26.3 Å². The smallest absolute Gasteiger partial charge is 0.407 e. The molecule has 0 bridgehead atoms.